The average molecular weight is 300 g/mol. The molecule has 0 heterocycles. The summed E-state index contributed by atoms with van der Waals surface area (Å²) in [4.78, 5) is 12.5. The monoisotopic (exact) mass is 300 g/mol. The largest absolute Gasteiger partial charge is 0.462 e. The maximum absolute atomic E-state index is 12.5. The Labute approximate surface area is 134 Å². The molecular weight excluding hydrogens is 272 g/mol. The zero-order valence-electron chi connectivity index (χ0n) is 14.0. The summed E-state index contributed by atoms with van der Waals surface area (Å²) in [7, 11) is 0. The maximum Gasteiger partial charge on any atom is 0.309 e. The van der Waals surface area contributed by atoms with Gasteiger partial charge in [0.25, 0.3) is 0 Å². The van der Waals surface area contributed by atoms with Crippen molar-refractivity contribution in [2.45, 2.75) is 58.5 Å². The molecule has 3 rings (SSSR count). The first kappa shape index (κ1) is 15.6. The molecule has 2 nitrogen and oxygen atoms in total. The average Bonchev–Trinajstić information content (AvgIpc) is 3.28. The van der Waals surface area contributed by atoms with Crippen molar-refractivity contribution in [3.63, 3.8) is 0 Å². The predicted molar refractivity (Wildman–Crippen MR) is 88.5 cm³/mol. The van der Waals surface area contributed by atoms with Crippen LogP contribution < -0.4 is 0 Å². The maximum atomic E-state index is 12.5. The lowest BCUT2D eigenvalue weighted by Crippen LogP contribution is -2.36. The molecule has 22 heavy (non-hydrogen) atoms. The van der Waals surface area contributed by atoms with E-state index in [1.54, 1.807) is 0 Å². The van der Waals surface area contributed by atoms with Crippen LogP contribution in [-0.2, 0) is 9.53 Å². The van der Waals surface area contributed by atoms with E-state index in [-0.39, 0.29) is 18.0 Å². The van der Waals surface area contributed by atoms with Crippen LogP contribution in [0.15, 0.2) is 30.3 Å². The van der Waals surface area contributed by atoms with Crippen molar-refractivity contribution >= 4 is 5.97 Å². The third-order valence-corrected chi connectivity index (χ3v) is 5.55. The molecule has 0 aromatic heterocycles. The van der Waals surface area contributed by atoms with Crippen LogP contribution in [0.2, 0.25) is 0 Å². The van der Waals surface area contributed by atoms with Gasteiger partial charge >= 0.3 is 5.97 Å². The Morgan fingerprint density at radius 1 is 1.14 bits per heavy atom. The first-order valence-electron chi connectivity index (χ1n) is 8.81. The zero-order chi connectivity index (χ0) is 15.7. The number of ether oxygens (including phenoxy) is 1. The van der Waals surface area contributed by atoms with Crippen molar-refractivity contribution < 1.29 is 9.53 Å². The van der Waals surface area contributed by atoms with Crippen LogP contribution in [0.25, 0.3) is 0 Å². The second-order valence-corrected chi connectivity index (χ2v) is 7.66. The zero-order valence-corrected chi connectivity index (χ0v) is 14.0. The van der Waals surface area contributed by atoms with Crippen molar-refractivity contribution in [1.82, 2.24) is 0 Å². The van der Waals surface area contributed by atoms with Crippen LogP contribution in [0.5, 0.6) is 0 Å². The highest BCUT2D eigenvalue weighted by molar-refractivity contribution is 5.77. The summed E-state index contributed by atoms with van der Waals surface area (Å²) in [6, 6.07) is 10.4. The molecule has 0 spiro atoms. The lowest BCUT2D eigenvalue weighted by Gasteiger charge is -2.36. The molecule has 0 bridgehead atoms. The lowest BCUT2D eigenvalue weighted by atomic mass is 9.75. The first-order chi connectivity index (χ1) is 10.6. The summed E-state index contributed by atoms with van der Waals surface area (Å²) in [6.45, 7) is 6.79. The quantitative estimate of drug-likeness (QED) is 0.747. The topological polar surface area (TPSA) is 26.3 Å². The molecule has 2 saturated carbocycles. The van der Waals surface area contributed by atoms with E-state index in [2.05, 4.69) is 32.9 Å². The van der Waals surface area contributed by atoms with Crippen LogP contribution in [0.1, 0.15) is 57.9 Å². The van der Waals surface area contributed by atoms with Crippen molar-refractivity contribution in [3.8, 4) is 0 Å². The molecule has 5 atom stereocenters. The van der Waals surface area contributed by atoms with Gasteiger partial charge in [0, 0.05) is 0 Å². The van der Waals surface area contributed by atoms with Gasteiger partial charge in [0.15, 0.2) is 0 Å². The molecule has 2 aliphatic carbocycles. The van der Waals surface area contributed by atoms with Crippen LogP contribution in [0, 0.1) is 23.7 Å². The number of esters is 1. The predicted octanol–water partition coefficient (Wildman–Crippen LogP) is 4.79. The molecule has 0 N–H and O–H groups in total. The van der Waals surface area contributed by atoms with Gasteiger partial charge in [0.05, 0.1) is 5.92 Å². The molecule has 0 amide bonds. The summed E-state index contributed by atoms with van der Waals surface area (Å²) >= 11 is 0. The molecule has 2 heteroatoms. The van der Waals surface area contributed by atoms with Gasteiger partial charge in [-0.2, -0.15) is 0 Å². The molecule has 2 fully saturated rings. The van der Waals surface area contributed by atoms with Gasteiger partial charge in [0.1, 0.15) is 6.10 Å². The van der Waals surface area contributed by atoms with E-state index >= 15 is 0 Å². The molecule has 2 unspecified atom stereocenters. The minimum atomic E-state index is 0.0404. The SMILES string of the molecule is CC(C)[C@H]1CC[C@H](C)C[C@@H]1OC(=O)C1CC1c1ccccc1. The summed E-state index contributed by atoms with van der Waals surface area (Å²) in [5, 5.41) is 0. The Bertz CT molecular complexity index is 508. The highest BCUT2D eigenvalue weighted by atomic mass is 16.5. The Balaban J connectivity index is 1.59. The standard InChI is InChI=1S/C20H28O2/c1-13(2)16-10-9-14(3)11-19(16)22-20(21)18-12-17(18)15-7-5-4-6-8-15/h4-8,13-14,16-19H,9-12H2,1-3H3/t14-,16+,17?,18?,19-/m0/s1. The van der Waals surface area contributed by atoms with E-state index in [0.29, 0.717) is 23.7 Å². The van der Waals surface area contributed by atoms with E-state index in [9.17, 15) is 4.79 Å². The van der Waals surface area contributed by atoms with Gasteiger partial charge in [-0.25, -0.2) is 0 Å². The number of rotatable bonds is 4. The highest BCUT2D eigenvalue weighted by Crippen LogP contribution is 2.49. The van der Waals surface area contributed by atoms with Gasteiger partial charge in [-0.3, -0.25) is 4.79 Å². The summed E-state index contributed by atoms with van der Waals surface area (Å²) in [5.74, 6) is 2.32. The Kier molecular flexibility index (Phi) is 4.56. The molecular formula is C20H28O2. The fourth-order valence-corrected chi connectivity index (χ4v) is 4.01. The minimum Gasteiger partial charge on any atom is -0.462 e. The van der Waals surface area contributed by atoms with Crippen LogP contribution in [0.4, 0.5) is 0 Å². The third-order valence-electron chi connectivity index (χ3n) is 5.55. The van der Waals surface area contributed by atoms with Gasteiger partial charge in [-0.15, -0.1) is 0 Å². The smallest absolute Gasteiger partial charge is 0.309 e. The second-order valence-electron chi connectivity index (χ2n) is 7.66. The summed E-state index contributed by atoms with van der Waals surface area (Å²) in [6.07, 6.45) is 4.60. The van der Waals surface area contributed by atoms with Crippen molar-refractivity contribution in [2.24, 2.45) is 23.7 Å². The minimum absolute atomic E-state index is 0.0404. The van der Waals surface area contributed by atoms with E-state index in [1.807, 2.05) is 18.2 Å². The molecule has 1 aromatic rings. The third kappa shape index (κ3) is 3.37. The Hall–Kier alpha value is -1.31. The van der Waals surface area contributed by atoms with Crippen molar-refractivity contribution in [2.75, 3.05) is 0 Å². The fraction of sp³-hybridized carbons (Fsp3) is 0.650. The molecule has 0 saturated heterocycles. The molecule has 1 aromatic carbocycles. The number of hydrogen-bond donors (Lipinski definition) is 0. The summed E-state index contributed by atoms with van der Waals surface area (Å²) in [5.41, 5.74) is 1.28. The number of carbonyl (C=O) groups excluding carboxylic acids is 1. The Morgan fingerprint density at radius 2 is 1.86 bits per heavy atom. The van der Waals surface area contributed by atoms with Crippen molar-refractivity contribution in [3.05, 3.63) is 35.9 Å². The van der Waals surface area contributed by atoms with Crippen LogP contribution >= 0.6 is 0 Å². The number of carbonyl (C=O) groups is 1. The van der Waals surface area contributed by atoms with Crippen LogP contribution in [0.3, 0.4) is 0 Å². The van der Waals surface area contributed by atoms with E-state index in [1.165, 1.54) is 18.4 Å². The normalized spacial score (nSPS) is 34.5. The fourth-order valence-electron chi connectivity index (χ4n) is 4.01. The van der Waals surface area contributed by atoms with E-state index in [0.717, 1.165) is 12.8 Å². The first-order valence-corrected chi connectivity index (χ1v) is 8.81. The van der Waals surface area contributed by atoms with Crippen molar-refractivity contribution in [1.29, 1.82) is 0 Å². The van der Waals surface area contributed by atoms with Gasteiger partial charge in [0.2, 0.25) is 0 Å². The van der Waals surface area contributed by atoms with Gasteiger partial charge in [-0.1, -0.05) is 57.5 Å². The lowest BCUT2D eigenvalue weighted by molar-refractivity contribution is -0.157. The Morgan fingerprint density at radius 3 is 2.55 bits per heavy atom. The number of benzene rings is 1. The molecule has 120 valence electrons. The molecule has 2 aliphatic rings. The van der Waals surface area contributed by atoms with Gasteiger partial charge in [-0.05, 0) is 48.5 Å². The van der Waals surface area contributed by atoms with E-state index in [4.69, 9.17) is 4.74 Å². The van der Waals surface area contributed by atoms with Gasteiger partial charge < -0.3 is 4.74 Å². The second kappa shape index (κ2) is 6.44. The number of hydrogen-bond acceptors (Lipinski definition) is 2. The van der Waals surface area contributed by atoms with Crippen LogP contribution in [-0.4, -0.2) is 12.1 Å². The molecule has 0 radical (unpaired) electrons. The highest BCUT2D eigenvalue weighted by Gasteiger charge is 2.46. The summed E-state index contributed by atoms with van der Waals surface area (Å²) < 4.78 is 5.97. The molecule has 0 aliphatic heterocycles. The van der Waals surface area contributed by atoms with E-state index < -0.39 is 0 Å².